The number of carbonyl (C=O) groups excluding carboxylic acids is 3. The molecule has 2 heterocycles. The van der Waals surface area contributed by atoms with E-state index in [1.165, 1.54) is 0 Å². The molecule has 1 aromatic carbocycles. The van der Waals surface area contributed by atoms with E-state index in [1.807, 2.05) is 30.3 Å². The Balaban J connectivity index is 1.87. The van der Waals surface area contributed by atoms with Gasteiger partial charge < -0.3 is 19.1 Å². The Morgan fingerprint density at radius 3 is 2.50 bits per heavy atom. The van der Waals surface area contributed by atoms with Crippen molar-refractivity contribution >= 4 is 17.8 Å². The summed E-state index contributed by atoms with van der Waals surface area (Å²) in [4.78, 5) is 39.7. The van der Waals surface area contributed by atoms with Crippen LogP contribution in [0.4, 0.5) is 0 Å². The van der Waals surface area contributed by atoms with Crippen LogP contribution in [0.1, 0.15) is 45.9 Å². The molecule has 7 heteroatoms. The highest BCUT2D eigenvalue weighted by Gasteiger charge is 2.58. The minimum absolute atomic E-state index is 0.0431. The van der Waals surface area contributed by atoms with Gasteiger partial charge >= 0.3 is 11.9 Å². The van der Waals surface area contributed by atoms with Crippen molar-refractivity contribution in [1.82, 2.24) is 4.90 Å². The molecule has 4 atom stereocenters. The second kappa shape index (κ2) is 7.91. The number of carbonyl (C=O) groups is 3. The van der Waals surface area contributed by atoms with E-state index in [9.17, 15) is 14.4 Å². The third-order valence-corrected chi connectivity index (χ3v) is 4.93. The van der Waals surface area contributed by atoms with Crippen LogP contribution in [0.15, 0.2) is 30.3 Å². The average molecular weight is 389 g/mol. The molecule has 2 aliphatic rings. The van der Waals surface area contributed by atoms with Crippen molar-refractivity contribution in [3.05, 3.63) is 35.9 Å². The van der Waals surface area contributed by atoms with E-state index in [4.69, 9.17) is 14.2 Å². The summed E-state index contributed by atoms with van der Waals surface area (Å²) in [7, 11) is 0. The quantitative estimate of drug-likeness (QED) is 0.568. The molecule has 0 radical (unpaired) electrons. The van der Waals surface area contributed by atoms with Crippen molar-refractivity contribution in [1.29, 1.82) is 0 Å². The van der Waals surface area contributed by atoms with Gasteiger partial charge in [-0.25, -0.2) is 0 Å². The molecule has 0 aromatic heterocycles. The Kier molecular flexibility index (Phi) is 5.74. The van der Waals surface area contributed by atoms with E-state index in [0.29, 0.717) is 0 Å². The molecular weight excluding hydrogens is 362 g/mol. The third kappa shape index (κ3) is 4.04. The number of amides is 1. The molecule has 2 fully saturated rings. The van der Waals surface area contributed by atoms with Crippen LogP contribution in [-0.2, 0) is 28.6 Å². The summed E-state index contributed by atoms with van der Waals surface area (Å²) in [5, 5.41) is 0. The second-order valence-corrected chi connectivity index (χ2v) is 8.09. The Bertz CT molecular complexity index is 741. The zero-order valence-corrected chi connectivity index (χ0v) is 16.7. The molecule has 2 saturated heterocycles. The fourth-order valence-corrected chi connectivity index (χ4v) is 3.91. The van der Waals surface area contributed by atoms with E-state index in [-0.39, 0.29) is 31.6 Å². The number of benzene rings is 1. The van der Waals surface area contributed by atoms with Crippen LogP contribution in [0.2, 0.25) is 0 Å². The first-order valence-corrected chi connectivity index (χ1v) is 9.60. The van der Waals surface area contributed by atoms with Gasteiger partial charge in [-0.15, -0.1) is 0 Å². The fraction of sp³-hybridized carbons (Fsp3) is 0.571. The van der Waals surface area contributed by atoms with E-state index >= 15 is 0 Å². The van der Waals surface area contributed by atoms with Crippen LogP contribution >= 0.6 is 0 Å². The lowest BCUT2D eigenvalue weighted by Crippen LogP contribution is -2.34. The first kappa shape index (κ1) is 20.3. The van der Waals surface area contributed by atoms with E-state index in [2.05, 4.69) is 0 Å². The van der Waals surface area contributed by atoms with Crippen molar-refractivity contribution in [3.8, 4) is 0 Å². The highest BCUT2D eigenvalue weighted by atomic mass is 16.6. The lowest BCUT2D eigenvalue weighted by atomic mass is 9.87. The van der Waals surface area contributed by atoms with Gasteiger partial charge in [-0.3, -0.25) is 14.4 Å². The SMILES string of the molecule is CCOC(=O)C1C(=O)N2[C@@H](c3ccccc3)OC[C@@H]2C1CC(=O)OC(C)(C)C. The predicted octanol–water partition coefficient (Wildman–Crippen LogP) is 2.45. The Hall–Kier alpha value is -2.41. The summed E-state index contributed by atoms with van der Waals surface area (Å²) < 4.78 is 16.4. The number of fused-ring (bicyclic) bond motifs is 1. The molecule has 152 valence electrons. The minimum atomic E-state index is -1.02. The zero-order chi connectivity index (χ0) is 20.5. The van der Waals surface area contributed by atoms with Gasteiger partial charge in [0.05, 0.1) is 25.7 Å². The molecule has 2 unspecified atom stereocenters. The van der Waals surface area contributed by atoms with E-state index in [0.717, 1.165) is 5.56 Å². The number of hydrogen-bond acceptors (Lipinski definition) is 6. The van der Waals surface area contributed by atoms with Gasteiger partial charge in [0, 0.05) is 11.5 Å². The molecule has 3 rings (SSSR count). The van der Waals surface area contributed by atoms with Crippen molar-refractivity contribution in [2.45, 2.75) is 52.0 Å². The normalized spacial score (nSPS) is 26.9. The maximum atomic E-state index is 13.2. The summed E-state index contributed by atoms with van der Waals surface area (Å²) in [5.74, 6) is -2.96. The standard InChI is InChI=1S/C21H27NO6/c1-5-26-20(25)17-14(11-16(23)28-21(2,3)4)15-12-27-19(22(15)18(17)24)13-9-7-6-8-10-13/h6-10,14-15,17,19H,5,11-12H2,1-4H3/t14?,15-,17?,19-/m1/s1. The third-order valence-electron chi connectivity index (χ3n) is 4.93. The summed E-state index contributed by atoms with van der Waals surface area (Å²) in [6.45, 7) is 7.47. The molecule has 0 aliphatic carbocycles. The monoisotopic (exact) mass is 389 g/mol. The van der Waals surface area contributed by atoms with Gasteiger partial charge in [0.2, 0.25) is 5.91 Å². The maximum Gasteiger partial charge on any atom is 0.318 e. The topological polar surface area (TPSA) is 82.1 Å². The number of hydrogen-bond donors (Lipinski definition) is 0. The Morgan fingerprint density at radius 1 is 1.21 bits per heavy atom. The maximum absolute atomic E-state index is 13.2. The molecule has 0 spiro atoms. The second-order valence-electron chi connectivity index (χ2n) is 8.09. The Labute approximate surface area is 164 Å². The molecule has 28 heavy (non-hydrogen) atoms. The van der Waals surface area contributed by atoms with E-state index < -0.39 is 35.6 Å². The molecule has 0 bridgehead atoms. The van der Waals surface area contributed by atoms with Gasteiger partial charge in [-0.1, -0.05) is 30.3 Å². The van der Waals surface area contributed by atoms with Crippen molar-refractivity contribution in [3.63, 3.8) is 0 Å². The van der Waals surface area contributed by atoms with Crippen LogP contribution < -0.4 is 0 Å². The molecule has 0 N–H and O–H groups in total. The number of esters is 2. The van der Waals surface area contributed by atoms with Gasteiger partial charge in [-0.2, -0.15) is 0 Å². The van der Waals surface area contributed by atoms with Gasteiger partial charge in [0.15, 0.2) is 6.23 Å². The largest absolute Gasteiger partial charge is 0.465 e. The number of nitrogens with zero attached hydrogens (tertiary/aromatic N) is 1. The molecule has 0 saturated carbocycles. The molecular formula is C21H27NO6. The number of rotatable bonds is 5. The highest BCUT2D eigenvalue weighted by molar-refractivity contribution is 6.01. The summed E-state index contributed by atoms with van der Waals surface area (Å²) in [6, 6.07) is 9.00. The van der Waals surface area contributed by atoms with E-state index in [1.54, 1.807) is 32.6 Å². The average Bonchev–Trinajstić information content (AvgIpc) is 3.15. The minimum Gasteiger partial charge on any atom is -0.465 e. The fourth-order valence-electron chi connectivity index (χ4n) is 3.91. The number of ether oxygens (including phenoxy) is 3. The van der Waals surface area contributed by atoms with Gasteiger partial charge in [-0.05, 0) is 27.7 Å². The first-order valence-electron chi connectivity index (χ1n) is 9.60. The van der Waals surface area contributed by atoms with Crippen LogP contribution in [0.3, 0.4) is 0 Å². The van der Waals surface area contributed by atoms with Crippen LogP contribution in [0, 0.1) is 11.8 Å². The predicted molar refractivity (Wildman–Crippen MR) is 99.8 cm³/mol. The van der Waals surface area contributed by atoms with Gasteiger partial charge in [0.25, 0.3) is 0 Å². The van der Waals surface area contributed by atoms with Crippen LogP contribution in [0.5, 0.6) is 0 Å². The molecule has 2 aliphatic heterocycles. The van der Waals surface area contributed by atoms with Crippen LogP contribution in [0.25, 0.3) is 0 Å². The molecule has 1 amide bonds. The lowest BCUT2D eigenvalue weighted by Gasteiger charge is -2.24. The van der Waals surface area contributed by atoms with Crippen molar-refractivity contribution in [2.75, 3.05) is 13.2 Å². The summed E-state index contributed by atoms with van der Waals surface area (Å²) in [6.07, 6.45) is -0.613. The highest BCUT2D eigenvalue weighted by Crippen LogP contribution is 2.45. The Morgan fingerprint density at radius 2 is 1.89 bits per heavy atom. The first-order chi connectivity index (χ1) is 13.2. The summed E-state index contributed by atoms with van der Waals surface area (Å²) in [5.41, 5.74) is 0.191. The smallest absolute Gasteiger partial charge is 0.318 e. The lowest BCUT2D eigenvalue weighted by molar-refractivity contribution is -0.158. The molecule has 7 nitrogen and oxygen atoms in total. The van der Waals surface area contributed by atoms with Gasteiger partial charge in [0.1, 0.15) is 11.5 Å². The summed E-state index contributed by atoms with van der Waals surface area (Å²) >= 11 is 0. The van der Waals surface area contributed by atoms with Crippen molar-refractivity contribution in [2.24, 2.45) is 11.8 Å². The molecule has 1 aromatic rings. The van der Waals surface area contributed by atoms with Crippen molar-refractivity contribution < 1.29 is 28.6 Å². The zero-order valence-electron chi connectivity index (χ0n) is 16.7. The van der Waals surface area contributed by atoms with Crippen LogP contribution in [-0.4, -0.2) is 47.6 Å².